The predicted octanol–water partition coefficient (Wildman–Crippen LogP) is 1.20. The molecule has 10 heavy (non-hydrogen) atoms. The summed E-state index contributed by atoms with van der Waals surface area (Å²) in [5, 5.41) is 3.37. The number of halogens is 1. The molecule has 1 unspecified atom stereocenters. The maximum Gasteiger partial charge on any atom is 0.0619 e. The van der Waals surface area contributed by atoms with Crippen LogP contribution in [0.3, 0.4) is 0 Å². The second kappa shape index (κ2) is 5.96. The summed E-state index contributed by atoms with van der Waals surface area (Å²) < 4.78 is 5.25. The fraction of sp³-hybridized carbons (Fsp3) is 1.00. The lowest BCUT2D eigenvalue weighted by molar-refractivity contribution is 0.128. The molecule has 1 atom stereocenters. The van der Waals surface area contributed by atoms with Crippen molar-refractivity contribution in [3.05, 3.63) is 0 Å². The lowest BCUT2D eigenvalue weighted by Gasteiger charge is -2.08. The molecule has 0 radical (unpaired) electrons. The first-order valence-electron chi connectivity index (χ1n) is 3.74. The van der Waals surface area contributed by atoms with Crippen LogP contribution in [0.1, 0.15) is 19.8 Å². The van der Waals surface area contributed by atoms with Crippen molar-refractivity contribution < 1.29 is 4.74 Å². The van der Waals surface area contributed by atoms with Crippen molar-refractivity contribution in [1.29, 1.82) is 0 Å². The molecule has 0 aliphatic carbocycles. The van der Waals surface area contributed by atoms with Crippen LogP contribution in [0.5, 0.6) is 0 Å². The van der Waals surface area contributed by atoms with E-state index in [9.17, 15) is 0 Å². The first-order valence-corrected chi connectivity index (χ1v) is 3.74. The van der Waals surface area contributed by atoms with Gasteiger partial charge in [0.1, 0.15) is 0 Å². The zero-order chi connectivity index (χ0) is 6.53. The lowest BCUT2D eigenvalue weighted by Crippen LogP contribution is -2.26. The van der Waals surface area contributed by atoms with Crippen LogP contribution in [0.15, 0.2) is 0 Å². The highest BCUT2D eigenvalue weighted by Crippen LogP contribution is 2.04. The molecule has 2 nitrogen and oxygen atoms in total. The van der Waals surface area contributed by atoms with Gasteiger partial charge in [0.15, 0.2) is 0 Å². The second-order valence-corrected chi connectivity index (χ2v) is 2.45. The van der Waals surface area contributed by atoms with Crippen molar-refractivity contribution in [1.82, 2.24) is 5.32 Å². The lowest BCUT2D eigenvalue weighted by atomic mass is 10.2. The van der Waals surface area contributed by atoms with E-state index in [4.69, 9.17) is 4.74 Å². The van der Waals surface area contributed by atoms with E-state index in [0.29, 0.717) is 6.04 Å². The molecule has 1 heterocycles. The topological polar surface area (TPSA) is 21.3 Å². The van der Waals surface area contributed by atoms with E-state index in [1.54, 1.807) is 0 Å². The van der Waals surface area contributed by atoms with E-state index < -0.39 is 0 Å². The molecular formula is C7H16ClNO. The predicted molar refractivity (Wildman–Crippen MR) is 44.8 cm³/mol. The van der Waals surface area contributed by atoms with Crippen LogP contribution in [0.25, 0.3) is 0 Å². The third kappa shape index (κ3) is 3.40. The summed E-state index contributed by atoms with van der Waals surface area (Å²) in [6.45, 7) is 4.96. The molecule has 3 heteroatoms. The molecule has 0 amide bonds. The van der Waals surface area contributed by atoms with Crippen molar-refractivity contribution in [3.63, 3.8) is 0 Å². The van der Waals surface area contributed by atoms with Crippen molar-refractivity contribution in [2.75, 3.05) is 19.8 Å². The van der Waals surface area contributed by atoms with Crippen molar-refractivity contribution in [2.24, 2.45) is 0 Å². The summed E-state index contributed by atoms with van der Waals surface area (Å²) in [6.07, 6.45) is 2.61. The molecule has 0 spiro atoms. The van der Waals surface area contributed by atoms with Gasteiger partial charge in [-0.1, -0.05) is 0 Å². The Morgan fingerprint density at radius 2 is 2.40 bits per heavy atom. The molecular weight excluding hydrogens is 150 g/mol. The molecule has 1 N–H and O–H groups in total. The summed E-state index contributed by atoms with van der Waals surface area (Å²) in [6, 6.07) is 0.643. The zero-order valence-electron chi connectivity index (χ0n) is 6.43. The smallest absolute Gasteiger partial charge is 0.0619 e. The maximum absolute atomic E-state index is 5.25. The highest BCUT2D eigenvalue weighted by atomic mass is 35.5. The summed E-state index contributed by atoms with van der Waals surface area (Å²) in [5.41, 5.74) is 0. The van der Waals surface area contributed by atoms with Crippen LogP contribution in [0, 0.1) is 0 Å². The number of ether oxygens (including phenoxy) is 1. The molecule has 0 aromatic rings. The van der Waals surface area contributed by atoms with Gasteiger partial charge in [0.25, 0.3) is 0 Å². The molecule has 0 bridgehead atoms. The summed E-state index contributed by atoms with van der Waals surface area (Å²) in [4.78, 5) is 0. The average molecular weight is 166 g/mol. The van der Waals surface area contributed by atoms with E-state index in [2.05, 4.69) is 5.32 Å². The molecule has 1 aliphatic heterocycles. The van der Waals surface area contributed by atoms with E-state index in [0.717, 1.165) is 13.2 Å². The molecule has 0 saturated carbocycles. The maximum atomic E-state index is 5.25. The molecule has 1 fully saturated rings. The van der Waals surface area contributed by atoms with Crippen LogP contribution >= 0.6 is 12.4 Å². The van der Waals surface area contributed by atoms with Crippen LogP contribution in [0.2, 0.25) is 0 Å². The first-order chi connectivity index (χ1) is 4.43. The monoisotopic (exact) mass is 165 g/mol. The van der Waals surface area contributed by atoms with E-state index in [-0.39, 0.29) is 12.4 Å². The Morgan fingerprint density at radius 1 is 1.60 bits per heavy atom. The normalized spacial score (nSPS) is 24.3. The van der Waals surface area contributed by atoms with Gasteiger partial charge in [0.2, 0.25) is 0 Å². The zero-order valence-corrected chi connectivity index (χ0v) is 7.25. The van der Waals surface area contributed by atoms with Gasteiger partial charge >= 0.3 is 0 Å². The second-order valence-electron chi connectivity index (χ2n) is 2.45. The van der Waals surface area contributed by atoms with E-state index in [1.807, 2.05) is 6.92 Å². The van der Waals surface area contributed by atoms with Gasteiger partial charge in [-0.05, 0) is 26.3 Å². The largest absolute Gasteiger partial charge is 0.380 e. The Kier molecular flexibility index (Phi) is 6.08. The summed E-state index contributed by atoms with van der Waals surface area (Å²) in [5.74, 6) is 0. The molecule has 1 rings (SSSR count). The standard InChI is InChI=1S/C7H15NO.ClH/c1-2-9-6-7-4-3-5-8-7;/h7-8H,2-6H2,1H3;1H. The minimum absolute atomic E-state index is 0. The van der Waals surface area contributed by atoms with Crippen LogP contribution < -0.4 is 5.32 Å². The van der Waals surface area contributed by atoms with Crippen LogP contribution in [-0.2, 0) is 4.74 Å². The highest BCUT2D eigenvalue weighted by Gasteiger charge is 2.12. The number of rotatable bonds is 3. The Labute approximate surface area is 68.7 Å². The molecule has 0 aromatic carbocycles. The highest BCUT2D eigenvalue weighted by molar-refractivity contribution is 5.85. The van der Waals surface area contributed by atoms with Crippen LogP contribution in [-0.4, -0.2) is 25.8 Å². The first kappa shape index (κ1) is 10.2. The van der Waals surface area contributed by atoms with Gasteiger partial charge in [-0.25, -0.2) is 0 Å². The Bertz CT molecular complexity index is 74.0. The van der Waals surface area contributed by atoms with Gasteiger partial charge in [0.05, 0.1) is 6.61 Å². The fourth-order valence-electron chi connectivity index (χ4n) is 1.16. The van der Waals surface area contributed by atoms with Gasteiger partial charge in [-0.15, -0.1) is 12.4 Å². The SMILES string of the molecule is CCOCC1CCCN1.Cl. The molecule has 1 aliphatic rings. The average Bonchev–Trinajstić information content (AvgIpc) is 2.34. The summed E-state index contributed by atoms with van der Waals surface area (Å²) in [7, 11) is 0. The quantitative estimate of drug-likeness (QED) is 0.679. The fourth-order valence-corrected chi connectivity index (χ4v) is 1.16. The summed E-state index contributed by atoms with van der Waals surface area (Å²) >= 11 is 0. The van der Waals surface area contributed by atoms with Gasteiger partial charge in [0, 0.05) is 12.6 Å². The minimum Gasteiger partial charge on any atom is -0.380 e. The van der Waals surface area contributed by atoms with Gasteiger partial charge < -0.3 is 10.1 Å². The van der Waals surface area contributed by atoms with E-state index in [1.165, 1.54) is 19.4 Å². The van der Waals surface area contributed by atoms with Crippen LogP contribution in [0.4, 0.5) is 0 Å². The molecule has 0 aromatic heterocycles. The number of hydrogen-bond donors (Lipinski definition) is 1. The Morgan fingerprint density at radius 3 is 2.90 bits per heavy atom. The Hall–Kier alpha value is 0.210. The minimum atomic E-state index is 0. The van der Waals surface area contributed by atoms with Crippen molar-refractivity contribution in [2.45, 2.75) is 25.8 Å². The third-order valence-corrected chi connectivity index (χ3v) is 1.69. The number of nitrogens with one attached hydrogen (secondary N) is 1. The van der Waals surface area contributed by atoms with Gasteiger partial charge in [-0.2, -0.15) is 0 Å². The number of hydrogen-bond acceptors (Lipinski definition) is 2. The molecule has 62 valence electrons. The molecule has 1 saturated heterocycles. The van der Waals surface area contributed by atoms with Crippen molar-refractivity contribution in [3.8, 4) is 0 Å². The Balaban J connectivity index is 0.000000810. The van der Waals surface area contributed by atoms with Crippen molar-refractivity contribution >= 4 is 12.4 Å². The van der Waals surface area contributed by atoms with Gasteiger partial charge in [-0.3, -0.25) is 0 Å². The van der Waals surface area contributed by atoms with E-state index >= 15 is 0 Å². The third-order valence-electron chi connectivity index (χ3n) is 1.69.